The van der Waals surface area contributed by atoms with Gasteiger partial charge >= 0.3 is 0 Å². The van der Waals surface area contributed by atoms with Crippen LogP contribution in [-0.4, -0.2) is 44.7 Å². The standard InChI is InChI=1S/C11H24N4O/c1-9-7-10(9)8-15(2)11(14-12)13-5-4-6-16-3/h9-10H,4-8,12H2,1-3H3,(H,13,14). The van der Waals surface area contributed by atoms with E-state index < -0.39 is 0 Å². The lowest BCUT2D eigenvalue weighted by molar-refractivity contribution is 0.197. The molecule has 1 rings (SSSR count). The van der Waals surface area contributed by atoms with Crippen molar-refractivity contribution in [2.24, 2.45) is 22.7 Å². The first-order valence-electron chi connectivity index (χ1n) is 5.90. The Labute approximate surface area is 98.0 Å². The molecule has 0 heterocycles. The first kappa shape index (κ1) is 13.3. The lowest BCUT2D eigenvalue weighted by Crippen LogP contribution is -2.43. The van der Waals surface area contributed by atoms with Gasteiger partial charge in [-0.2, -0.15) is 0 Å². The third-order valence-electron chi connectivity index (χ3n) is 3.04. The third kappa shape index (κ3) is 4.37. The number of nitrogens with one attached hydrogen (secondary N) is 1. The van der Waals surface area contributed by atoms with E-state index in [4.69, 9.17) is 10.6 Å². The molecule has 3 N–H and O–H groups in total. The van der Waals surface area contributed by atoms with Crippen LogP contribution < -0.4 is 11.3 Å². The quantitative estimate of drug-likeness (QED) is 0.227. The van der Waals surface area contributed by atoms with Gasteiger partial charge in [0, 0.05) is 33.9 Å². The van der Waals surface area contributed by atoms with E-state index in [-0.39, 0.29) is 0 Å². The zero-order chi connectivity index (χ0) is 12.0. The molecule has 0 aromatic rings. The molecule has 0 radical (unpaired) electrons. The summed E-state index contributed by atoms with van der Waals surface area (Å²) in [6.45, 7) is 4.81. The van der Waals surface area contributed by atoms with E-state index in [2.05, 4.69) is 22.2 Å². The molecule has 1 aliphatic carbocycles. The molecule has 0 bridgehead atoms. The summed E-state index contributed by atoms with van der Waals surface area (Å²) in [4.78, 5) is 6.51. The average Bonchev–Trinajstić information content (AvgIpc) is 2.94. The first-order valence-corrected chi connectivity index (χ1v) is 5.90. The van der Waals surface area contributed by atoms with Crippen LogP contribution in [0.25, 0.3) is 0 Å². The normalized spacial score (nSPS) is 24.4. The second-order valence-electron chi connectivity index (χ2n) is 4.55. The Morgan fingerprint density at radius 2 is 2.31 bits per heavy atom. The molecular weight excluding hydrogens is 204 g/mol. The van der Waals surface area contributed by atoms with E-state index in [1.807, 2.05) is 7.05 Å². The monoisotopic (exact) mass is 228 g/mol. The predicted molar refractivity (Wildman–Crippen MR) is 66.0 cm³/mol. The third-order valence-corrected chi connectivity index (χ3v) is 3.04. The summed E-state index contributed by atoms with van der Waals surface area (Å²) in [6.07, 6.45) is 2.25. The Kier molecular flexibility index (Phi) is 5.55. The summed E-state index contributed by atoms with van der Waals surface area (Å²) >= 11 is 0. The summed E-state index contributed by atoms with van der Waals surface area (Å²) in [7, 11) is 3.73. The molecule has 1 saturated carbocycles. The average molecular weight is 228 g/mol. The van der Waals surface area contributed by atoms with Gasteiger partial charge < -0.3 is 9.64 Å². The van der Waals surface area contributed by atoms with Gasteiger partial charge in [-0.05, 0) is 24.7 Å². The summed E-state index contributed by atoms with van der Waals surface area (Å²) in [6, 6.07) is 0. The van der Waals surface area contributed by atoms with Crippen LogP contribution in [0.3, 0.4) is 0 Å². The number of nitrogens with zero attached hydrogens (tertiary/aromatic N) is 2. The van der Waals surface area contributed by atoms with Crippen molar-refractivity contribution in [3.05, 3.63) is 0 Å². The van der Waals surface area contributed by atoms with Crippen molar-refractivity contribution >= 4 is 5.96 Å². The number of aliphatic imine (C=N–C) groups is 1. The fraction of sp³-hybridized carbons (Fsp3) is 0.909. The molecule has 0 aliphatic heterocycles. The highest BCUT2D eigenvalue weighted by Gasteiger charge is 2.33. The molecule has 0 amide bonds. The number of guanidine groups is 1. The molecule has 0 aromatic heterocycles. The van der Waals surface area contributed by atoms with Crippen LogP contribution >= 0.6 is 0 Å². The number of hydrogen-bond donors (Lipinski definition) is 2. The van der Waals surface area contributed by atoms with Crippen LogP contribution in [0.1, 0.15) is 19.8 Å². The van der Waals surface area contributed by atoms with Crippen molar-refractivity contribution < 1.29 is 4.74 Å². The van der Waals surface area contributed by atoms with Crippen LogP contribution in [0.4, 0.5) is 0 Å². The van der Waals surface area contributed by atoms with Gasteiger partial charge in [-0.3, -0.25) is 10.4 Å². The number of rotatable bonds is 6. The van der Waals surface area contributed by atoms with Gasteiger partial charge in [0.2, 0.25) is 5.96 Å². The maximum Gasteiger partial charge on any atom is 0.208 e. The predicted octanol–water partition coefficient (Wildman–Crippen LogP) is 0.430. The summed E-state index contributed by atoms with van der Waals surface area (Å²) < 4.78 is 4.97. The minimum absolute atomic E-state index is 0.741. The highest BCUT2D eigenvalue weighted by atomic mass is 16.5. The molecule has 1 fully saturated rings. The number of hydrazine groups is 1. The number of methoxy groups -OCH3 is 1. The molecule has 0 saturated heterocycles. The topological polar surface area (TPSA) is 62.9 Å². The van der Waals surface area contributed by atoms with Gasteiger partial charge in [0.25, 0.3) is 0 Å². The van der Waals surface area contributed by atoms with Gasteiger partial charge in [0.15, 0.2) is 0 Å². The van der Waals surface area contributed by atoms with Crippen molar-refractivity contribution in [3.8, 4) is 0 Å². The van der Waals surface area contributed by atoms with Gasteiger partial charge in [0.05, 0.1) is 0 Å². The zero-order valence-electron chi connectivity index (χ0n) is 10.6. The van der Waals surface area contributed by atoms with E-state index in [1.54, 1.807) is 7.11 Å². The molecule has 2 atom stereocenters. The van der Waals surface area contributed by atoms with Gasteiger partial charge in [-0.1, -0.05) is 6.92 Å². The minimum Gasteiger partial charge on any atom is -0.385 e. The molecule has 5 heteroatoms. The van der Waals surface area contributed by atoms with Crippen LogP contribution in [0.2, 0.25) is 0 Å². The SMILES string of the molecule is COCCCN=C(NN)N(C)CC1CC1C. The van der Waals surface area contributed by atoms with Crippen LogP contribution in [0.15, 0.2) is 4.99 Å². The Morgan fingerprint density at radius 1 is 1.62 bits per heavy atom. The molecule has 94 valence electrons. The second kappa shape index (κ2) is 6.70. The largest absolute Gasteiger partial charge is 0.385 e. The lowest BCUT2D eigenvalue weighted by atomic mass is 10.3. The highest BCUT2D eigenvalue weighted by molar-refractivity contribution is 5.79. The van der Waals surface area contributed by atoms with E-state index in [9.17, 15) is 0 Å². The van der Waals surface area contributed by atoms with Crippen molar-refractivity contribution in [1.82, 2.24) is 10.3 Å². The van der Waals surface area contributed by atoms with Crippen molar-refractivity contribution in [2.75, 3.05) is 33.9 Å². The highest BCUT2D eigenvalue weighted by Crippen LogP contribution is 2.37. The minimum atomic E-state index is 0.741. The molecule has 0 aromatic carbocycles. The molecule has 2 unspecified atom stereocenters. The van der Waals surface area contributed by atoms with Crippen molar-refractivity contribution in [2.45, 2.75) is 19.8 Å². The van der Waals surface area contributed by atoms with E-state index >= 15 is 0 Å². The van der Waals surface area contributed by atoms with Crippen molar-refractivity contribution in [3.63, 3.8) is 0 Å². The van der Waals surface area contributed by atoms with Crippen LogP contribution in [0, 0.1) is 11.8 Å². The first-order chi connectivity index (χ1) is 7.69. The Morgan fingerprint density at radius 3 is 2.81 bits per heavy atom. The van der Waals surface area contributed by atoms with E-state index in [0.717, 1.165) is 43.9 Å². The fourth-order valence-electron chi connectivity index (χ4n) is 1.76. The van der Waals surface area contributed by atoms with Gasteiger partial charge in [-0.25, -0.2) is 5.84 Å². The fourth-order valence-corrected chi connectivity index (χ4v) is 1.76. The van der Waals surface area contributed by atoms with Gasteiger partial charge in [0.1, 0.15) is 0 Å². The Balaban J connectivity index is 2.27. The smallest absolute Gasteiger partial charge is 0.208 e. The summed E-state index contributed by atoms with van der Waals surface area (Å²) in [5.41, 5.74) is 2.66. The van der Waals surface area contributed by atoms with Crippen molar-refractivity contribution in [1.29, 1.82) is 0 Å². The van der Waals surface area contributed by atoms with Crippen LogP contribution in [-0.2, 0) is 4.74 Å². The Bertz CT molecular complexity index is 232. The molecular formula is C11H24N4O. The number of nitrogens with two attached hydrogens (primary N) is 1. The number of ether oxygens (including phenoxy) is 1. The molecule has 16 heavy (non-hydrogen) atoms. The molecule has 1 aliphatic rings. The summed E-state index contributed by atoms with van der Waals surface area (Å²) in [5.74, 6) is 7.90. The van der Waals surface area contributed by atoms with Crippen LogP contribution in [0.5, 0.6) is 0 Å². The van der Waals surface area contributed by atoms with E-state index in [1.165, 1.54) is 6.42 Å². The zero-order valence-corrected chi connectivity index (χ0v) is 10.6. The maximum atomic E-state index is 5.47. The summed E-state index contributed by atoms with van der Waals surface area (Å²) in [5, 5.41) is 0. The Hall–Kier alpha value is -0.810. The molecule has 5 nitrogen and oxygen atoms in total. The second-order valence-corrected chi connectivity index (χ2v) is 4.55. The molecule has 0 spiro atoms. The number of hydrogen-bond acceptors (Lipinski definition) is 3. The lowest BCUT2D eigenvalue weighted by Gasteiger charge is -2.20. The van der Waals surface area contributed by atoms with E-state index in [0.29, 0.717) is 0 Å². The van der Waals surface area contributed by atoms with Gasteiger partial charge in [-0.15, -0.1) is 0 Å². The maximum absolute atomic E-state index is 5.47.